The van der Waals surface area contributed by atoms with Crippen LogP contribution < -0.4 is 10.5 Å². The van der Waals surface area contributed by atoms with Crippen LogP contribution in [0, 0.1) is 3.57 Å². The lowest BCUT2D eigenvalue weighted by molar-refractivity contribution is 0.412. The summed E-state index contributed by atoms with van der Waals surface area (Å²) in [4.78, 5) is 0. The van der Waals surface area contributed by atoms with Crippen LogP contribution in [-0.2, 0) is 0 Å². The predicted molar refractivity (Wildman–Crippen MR) is 57.4 cm³/mol. The Morgan fingerprint density at radius 3 is 2.55 bits per heavy atom. The Morgan fingerprint density at radius 1 is 1.45 bits per heavy atom. The zero-order valence-electron chi connectivity index (χ0n) is 6.00. The van der Waals surface area contributed by atoms with Crippen LogP contribution in [0.3, 0.4) is 0 Å². The SMILES string of the molecule is COc1cccc(N)c1I.Cl. The van der Waals surface area contributed by atoms with E-state index in [9.17, 15) is 0 Å². The van der Waals surface area contributed by atoms with Gasteiger partial charge in [0, 0.05) is 5.69 Å². The molecule has 0 aromatic heterocycles. The molecule has 0 unspecified atom stereocenters. The molecule has 0 amide bonds. The maximum absolute atomic E-state index is 5.61. The molecule has 0 aliphatic carbocycles. The minimum atomic E-state index is 0. The first kappa shape index (κ1) is 10.8. The summed E-state index contributed by atoms with van der Waals surface area (Å²) < 4.78 is 6.01. The van der Waals surface area contributed by atoms with Crippen molar-refractivity contribution in [2.24, 2.45) is 0 Å². The molecule has 2 nitrogen and oxygen atoms in total. The van der Waals surface area contributed by atoms with Crippen molar-refractivity contribution in [2.75, 3.05) is 12.8 Å². The van der Waals surface area contributed by atoms with Gasteiger partial charge in [-0.25, -0.2) is 0 Å². The van der Waals surface area contributed by atoms with Gasteiger partial charge in [0.25, 0.3) is 0 Å². The van der Waals surface area contributed by atoms with Gasteiger partial charge in [-0.2, -0.15) is 0 Å². The minimum Gasteiger partial charge on any atom is -0.496 e. The number of rotatable bonds is 1. The second-order valence-corrected chi connectivity index (χ2v) is 2.94. The molecule has 0 bridgehead atoms. The van der Waals surface area contributed by atoms with Gasteiger partial charge in [0.05, 0.1) is 10.7 Å². The fourth-order valence-electron chi connectivity index (χ4n) is 0.685. The molecular weight excluding hydrogens is 276 g/mol. The molecule has 4 heteroatoms. The molecule has 0 saturated carbocycles. The van der Waals surface area contributed by atoms with Gasteiger partial charge in [-0.05, 0) is 34.7 Å². The van der Waals surface area contributed by atoms with E-state index in [0.717, 1.165) is 15.0 Å². The summed E-state index contributed by atoms with van der Waals surface area (Å²) in [6.07, 6.45) is 0. The summed E-state index contributed by atoms with van der Waals surface area (Å²) >= 11 is 2.15. The van der Waals surface area contributed by atoms with E-state index in [0.29, 0.717) is 0 Å². The molecule has 0 spiro atoms. The van der Waals surface area contributed by atoms with E-state index >= 15 is 0 Å². The lowest BCUT2D eigenvalue weighted by atomic mass is 10.3. The van der Waals surface area contributed by atoms with Gasteiger partial charge >= 0.3 is 0 Å². The number of nitrogens with two attached hydrogens (primary N) is 1. The third-order valence-electron chi connectivity index (χ3n) is 1.21. The van der Waals surface area contributed by atoms with Crippen LogP contribution >= 0.6 is 35.0 Å². The van der Waals surface area contributed by atoms with Crippen LogP contribution in [0.4, 0.5) is 5.69 Å². The van der Waals surface area contributed by atoms with Crippen LogP contribution in [0.1, 0.15) is 0 Å². The number of nitrogen functional groups attached to an aromatic ring is 1. The number of anilines is 1. The molecule has 1 rings (SSSR count). The summed E-state index contributed by atoms with van der Waals surface area (Å²) in [6.45, 7) is 0. The molecule has 0 saturated heterocycles. The van der Waals surface area contributed by atoms with E-state index in [1.165, 1.54) is 0 Å². The summed E-state index contributed by atoms with van der Waals surface area (Å²) in [5, 5.41) is 0. The monoisotopic (exact) mass is 285 g/mol. The fraction of sp³-hybridized carbons (Fsp3) is 0.143. The first-order chi connectivity index (χ1) is 4.75. The van der Waals surface area contributed by atoms with E-state index in [1.807, 2.05) is 18.2 Å². The normalized spacial score (nSPS) is 8.55. The molecule has 0 heterocycles. The van der Waals surface area contributed by atoms with Gasteiger partial charge in [0.15, 0.2) is 0 Å². The standard InChI is InChI=1S/C7H8INO.ClH/c1-10-6-4-2-3-5(9)7(6)8;/h2-4H,9H2,1H3;1H. The quantitative estimate of drug-likeness (QED) is 0.635. The van der Waals surface area contributed by atoms with Gasteiger partial charge in [-0.1, -0.05) is 6.07 Å². The lowest BCUT2D eigenvalue weighted by Crippen LogP contribution is -1.92. The number of ether oxygens (including phenoxy) is 1. The summed E-state index contributed by atoms with van der Waals surface area (Å²) in [5.74, 6) is 0.834. The summed E-state index contributed by atoms with van der Waals surface area (Å²) in [7, 11) is 1.64. The van der Waals surface area contributed by atoms with Crippen molar-refractivity contribution in [3.63, 3.8) is 0 Å². The largest absolute Gasteiger partial charge is 0.496 e. The van der Waals surface area contributed by atoms with Crippen molar-refractivity contribution in [3.05, 3.63) is 21.8 Å². The Kier molecular flexibility index (Phi) is 4.60. The Bertz CT molecular complexity index is 242. The highest BCUT2D eigenvalue weighted by molar-refractivity contribution is 14.1. The highest BCUT2D eigenvalue weighted by atomic mass is 127. The highest BCUT2D eigenvalue weighted by Gasteiger charge is 2.00. The molecule has 2 N–H and O–H groups in total. The topological polar surface area (TPSA) is 35.2 Å². The number of hydrogen-bond donors (Lipinski definition) is 1. The molecule has 0 aliphatic rings. The third kappa shape index (κ3) is 2.41. The van der Waals surface area contributed by atoms with E-state index in [4.69, 9.17) is 10.5 Å². The minimum absolute atomic E-state index is 0. The summed E-state index contributed by atoms with van der Waals surface area (Å²) in [6, 6.07) is 5.61. The number of benzene rings is 1. The van der Waals surface area contributed by atoms with Crippen LogP contribution in [-0.4, -0.2) is 7.11 Å². The van der Waals surface area contributed by atoms with Crippen LogP contribution in [0.15, 0.2) is 18.2 Å². The maximum atomic E-state index is 5.61. The molecule has 1 aromatic rings. The second kappa shape index (κ2) is 4.66. The number of hydrogen-bond acceptors (Lipinski definition) is 2. The average Bonchev–Trinajstić information content (AvgIpc) is 1.95. The van der Waals surface area contributed by atoms with Crippen LogP contribution in [0.5, 0.6) is 5.75 Å². The maximum Gasteiger partial charge on any atom is 0.134 e. The smallest absolute Gasteiger partial charge is 0.134 e. The molecule has 0 radical (unpaired) electrons. The summed E-state index contributed by atoms with van der Waals surface area (Å²) in [5.41, 5.74) is 6.37. The van der Waals surface area contributed by atoms with E-state index in [-0.39, 0.29) is 12.4 Å². The zero-order chi connectivity index (χ0) is 7.56. The van der Waals surface area contributed by atoms with Gasteiger partial charge in [-0.15, -0.1) is 12.4 Å². The van der Waals surface area contributed by atoms with Crippen LogP contribution in [0.25, 0.3) is 0 Å². The molecule has 11 heavy (non-hydrogen) atoms. The first-order valence-electron chi connectivity index (χ1n) is 2.83. The zero-order valence-corrected chi connectivity index (χ0v) is 8.98. The van der Waals surface area contributed by atoms with Gasteiger partial charge in [-0.3, -0.25) is 0 Å². The van der Waals surface area contributed by atoms with Crippen LogP contribution in [0.2, 0.25) is 0 Å². The van der Waals surface area contributed by atoms with Gasteiger partial charge < -0.3 is 10.5 Å². The van der Waals surface area contributed by atoms with Crippen molar-refractivity contribution in [2.45, 2.75) is 0 Å². The highest BCUT2D eigenvalue weighted by Crippen LogP contribution is 2.25. The van der Waals surface area contributed by atoms with Crippen molar-refractivity contribution in [1.82, 2.24) is 0 Å². The molecule has 1 aromatic carbocycles. The average molecular weight is 286 g/mol. The molecule has 62 valence electrons. The second-order valence-electron chi connectivity index (χ2n) is 1.86. The van der Waals surface area contributed by atoms with Gasteiger partial charge in [0.2, 0.25) is 0 Å². The number of methoxy groups -OCH3 is 1. The van der Waals surface area contributed by atoms with Crippen molar-refractivity contribution < 1.29 is 4.74 Å². The Morgan fingerprint density at radius 2 is 2.09 bits per heavy atom. The predicted octanol–water partition coefficient (Wildman–Crippen LogP) is 2.30. The first-order valence-corrected chi connectivity index (χ1v) is 3.91. The molecule has 0 fully saturated rings. The van der Waals surface area contributed by atoms with Crippen molar-refractivity contribution in [1.29, 1.82) is 0 Å². The Labute approximate surface area is 85.7 Å². The Balaban J connectivity index is 0.000001000. The van der Waals surface area contributed by atoms with Crippen molar-refractivity contribution in [3.8, 4) is 5.75 Å². The Hall–Kier alpha value is -0.160. The number of halogens is 2. The van der Waals surface area contributed by atoms with E-state index in [1.54, 1.807) is 7.11 Å². The molecule has 0 aliphatic heterocycles. The third-order valence-corrected chi connectivity index (χ3v) is 2.37. The van der Waals surface area contributed by atoms with Crippen molar-refractivity contribution >= 4 is 40.7 Å². The fourth-order valence-corrected chi connectivity index (χ4v) is 1.27. The van der Waals surface area contributed by atoms with Gasteiger partial charge in [0.1, 0.15) is 5.75 Å². The molecular formula is C7H9ClINO. The van der Waals surface area contributed by atoms with E-state index in [2.05, 4.69) is 22.6 Å². The molecule has 0 atom stereocenters. The van der Waals surface area contributed by atoms with E-state index < -0.39 is 0 Å². The lowest BCUT2D eigenvalue weighted by Gasteiger charge is -2.03.